The van der Waals surface area contributed by atoms with Gasteiger partial charge in [-0.1, -0.05) is 81.4 Å². The van der Waals surface area contributed by atoms with E-state index in [4.69, 9.17) is 4.43 Å². The lowest BCUT2D eigenvalue weighted by Gasteiger charge is -2.45. The summed E-state index contributed by atoms with van der Waals surface area (Å²) in [6.45, 7) is 7.67. The van der Waals surface area contributed by atoms with Crippen LogP contribution < -0.4 is 10.4 Å². The van der Waals surface area contributed by atoms with E-state index in [1.54, 1.807) is 6.07 Å². The zero-order valence-corrected chi connectivity index (χ0v) is 24.3. The first-order valence-corrected chi connectivity index (χ1v) is 17.0. The first-order chi connectivity index (χ1) is 17.5. The molecule has 6 nitrogen and oxygen atoms in total. The number of carbonyl (C=O) groups is 1. The molecule has 1 saturated heterocycles. The first kappa shape index (κ1) is 28.0. The van der Waals surface area contributed by atoms with Crippen molar-refractivity contribution in [3.05, 3.63) is 82.6 Å². The highest BCUT2D eigenvalue weighted by molar-refractivity contribution is 8.22. The maximum Gasteiger partial charge on any atom is 0.345 e. The maximum atomic E-state index is 11.2. The lowest BCUT2D eigenvalue weighted by Crippen LogP contribution is -2.67. The van der Waals surface area contributed by atoms with Crippen LogP contribution in [0.1, 0.15) is 48.2 Å². The third-order valence-corrected chi connectivity index (χ3v) is 15.2. The summed E-state index contributed by atoms with van der Waals surface area (Å²) < 4.78 is 30.7. The van der Waals surface area contributed by atoms with Crippen LogP contribution in [0.5, 0.6) is 0 Å². The van der Waals surface area contributed by atoms with Gasteiger partial charge in [-0.15, -0.1) is 22.1 Å². The summed E-state index contributed by atoms with van der Waals surface area (Å²) in [7, 11) is -5.57. The predicted octanol–water partition coefficient (Wildman–Crippen LogP) is 5.70. The number of aryl methyl sites for hydroxylation is 1. The molecule has 1 aromatic heterocycles. The lowest BCUT2D eigenvalue weighted by atomic mass is 10.2. The van der Waals surface area contributed by atoms with Crippen LogP contribution in [0.15, 0.2) is 72.8 Å². The Labute approximate surface area is 226 Å². The molecule has 1 fully saturated rings. The number of benzene rings is 2. The van der Waals surface area contributed by atoms with Crippen molar-refractivity contribution >= 4 is 46.8 Å². The summed E-state index contributed by atoms with van der Waals surface area (Å²) in [6, 6.07) is 24.3. The normalized spacial score (nSPS) is 19.1. The van der Waals surface area contributed by atoms with Crippen molar-refractivity contribution in [3.63, 3.8) is 0 Å². The average Bonchev–Trinajstić information content (AvgIpc) is 3.45. The Morgan fingerprint density at radius 3 is 2.14 bits per heavy atom. The smallest absolute Gasteiger partial charge is 0.345 e. The molecule has 0 spiro atoms. The Kier molecular flexibility index (Phi) is 8.64. The van der Waals surface area contributed by atoms with Gasteiger partial charge in [0.25, 0.3) is 8.32 Å². The van der Waals surface area contributed by atoms with E-state index in [9.17, 15) is 19.0 Å². The summed E-state index contributed by atoms with van der Waals surface area (Å²) >= 11 is 1.28. The molecule has 0 amide bonds. The van der Waals surface area contributed by atoms with Gasteiger partial charge < -0.3 is 9.53 Å². The van der Waals surface area contributed by atoms with Crippen molar-refractivity contribution in [1.82, 2.24) is 4.31 Å². The van der Waals surface area contributed by atoms with Crippen LogP contribution in [0, 0.1) is 0 Å². The van der Waals surface area contributed by atoms with Gasteiger partial charge in [0.05, 0.1) is 18.4 Å². The molecule has 37 heavy (non-hydrogen) atoms. The highest BCUT2D eigenvalue weighted by Gasteiger charge is 2.51. The summed E-state index contributed by atoms with van der Waals surface area (Å²) in [4.78, 5) is 12.5. The van der Waals surface area contributed by atoms with Crippen LogP contribution >= 0.6 is 22.1 Å². The molecule has 9 heteroatoms. The number of hydrogen-bond acceptors (Lipinski definition) is 6. The van der Waals surface area contributed by atoms with Crippen LogP contribution in [0.2, 0.25) is 5.04 Å². The Morgan fingerprint density at radius 2 is 1.62 bits per heavy atom. The highest BCUT2D eigenvalue weighted by Crippen LogP contribution is 2.52. The summed E-state index contributed by atoms with van der Waals surface area (Å²) in [6.07, 6.45) is 2.08. The lowest BCUT2D eigenvalue weighted by molar-refractivity contribution is 0.0702. The molecule has 200 valence electrons. The SMILES string of the molecule is CC(C)(C)[Si](OCC1CCS(O)(O)N1CCCc1ccc(C(=O)O)s1)(c1ccccc1)c1ccccc1. The van der Waals surface area contributed by atoms with Gasteiger partial charge in [0.15, 0.2) is 0 Å². The second kappa shape index (κ2) is 11.4. The number of thiophene rings is 1. The molecule has 0 radical (unpaired) electrons. The Hall–Kier alpha value is -1.98. The summed E-state index contributed by atoms with van der Waals surface area (Å²) in [5, 5.41) is 11.4. The number of rotatable bonds is 10. The molecule has 1 aliphatic rings. The fourth-order valence-corrected chi connectivity index (χ4v) is 12.7. The van der Waals surface area contributed by atoms with E-state index in [2.05, 4.69) is 69.3 Å². The molecule has 0 bridgehead atoms. The molecule has 2 aromatic carbocycles. The van der Waals surface area contributed by atoms with Crippen LogP contribution in [0.3, 0.4) is 0 Å². The van der Waals surface area contributed by atoms with Gasteiger partial charge in [0.2, 0.25) is 0 Å². The van der Waals surface area contributed by atoms with Crippen LogP contribution in [0.25, 0.3) is 0 Å². The Bertz CT molecular complexity index is 1140. The molecule has 0 aliphatic carbocycles. The number of carboxylic acids is 1. The number of aromatic carboxylic acids is 1. The van der Waals surface area contributed by atoms with Crippen molar-refractivity contribution in [2.24, 2.45) is 0 Å². The molecule has 3 N–H and O–H groups in total. The average molecular weight is 560 g/mol. The second-order valence-electron chi connectivity index (χ2n) is 10.6. The van der Waals surface area contributed by atoms with Gasteiger partial charge in [-0.25, -0.2) is 9.10 Å². The molecule has 1 unspecified atom stereocenters. The van der Waals surface area contributed by atoms with E-state index < -0.39 is 25.1 Å². The van der Waals surface area contributed by atoms with Gasteiger partial charge in [-0.05, 0) is 46.8 Å². The van der Waals surface area contributed by atoms with Crippen LogP contribution in [0.4, 0.5) is 0 Å². The Morgan fingerprint density at radius 1 is 1.03 bits per heavy atom. The van der Waals surface area contributed by atoms with E-state index in [1.165, 1.54) is 21.7 Å². The van der Waals surface area contributed by atoms with Gasteiger partial charge in [0.1, 0.15) is 4.88 Å². The van der Waals surface area contributed by atoms with Crippen molar-refractivity contribution in [3.8, 4) is 0 Å². The molecule has 1 aliphatic heterocycles. The summed E-state index contributed by atoms with van der Waals surface area (Å²) in [5.41, 5.74) is 0. The zero-order valence-electron chi connectivity index (χ0n) is 21.7. The minimum atomic E-state index is -2.85. The van der Waals surface area contributed by atoms with Crippen molar-refractivity contribution in [1.29, 1.82) is 0 Å². The number of hydrogen-bond donors (Lipinski definition) is 3. The molecule has 2 heterocycles. The van der Waals surface area contributed by atoms with Gasteiger partial charge in [-0.3, -0.25) is 9.11 Å². The topological polar surface area (TPSA) is 90.2 Å². The number of carboxylic acid groups (broad SMARTS) is 1. The van der Waals surface area contributed by atoms with E-state index >= 15 is 0 Å². The van der Waals surface area contributed by atoms with Crippen LogP contribution in [-0.2, 0) is 10.8 Å². The zero-order chi connectivity index (χ0) is 26.7. The second-order valence-corrected chi connectivity index (χ2v) is 18.2. The van der Waals surface area contributed by atoms with Crippen molar-refractivity contribution < 1.29 is 23.4 Å². The quantitative estimate of drug-likeness (QED) is 0.276. The molecule has 1 atom stereocenters. The van der Waals surface area contributed by atoms with Crippen molar-refractivity contribution in [2.45, 2.75) is 51.1 Å². The maximum absolute atomic E-state index is 11.2. The molecule has 4 rings (SSSR count). The van der Waals surface area contributed by atoms with E-state index in [0.717, 1.165) is 4.88 Å². The third-order valence-electron chi connectivity index (χ3n) is 7.09. The minimum Gasteiger partial charge on any atom is -0.477 e. The van der Waals surface area contributed by atoms with E-state index in [1.807, 2.05) is 22.5 Å². The van der Waals surface area contributed by atoms with E-state index in [-0.39, 0.29) is 11.1 Å². The monoisotopic (exact) mass is 559 g/mol. The third kappa shape index (κ3) is 6.03. The van der Waals surface area contributed by atoms with Gasteiger partial charge >= 0.3 is 5.97 Å². The molecular weight excluding hydrogens is 523 g/mol. The molecule has 3 aromatic rings. The Balaban J connectivity index is 1.55. The summed E-state index contributed by atoms with van der Waals surface area (Å²) in [5.74, 6) is -0.560. The van der Waals surface area contributed by atoms with E-state index in [0.29, 0.717) is 43.0 Å². The highest BCUT2D eigenvalue weighted by atomic mass is 32.3. The predicted molar refractivity (Wildman–Crippen MR) is 156 cm³/mol. The van der Waals surface area contributed by atoms with Crippen LogP contribution in [-0.4, -0.2) is 57.8 Å². The standard InChI is InChI=1S/C28H37NO5S2Si/c1-28(2,3)37(24-12-6-4-7-13-24,25-14-8-5-9-15-25)34-21-22-18-20-36(32,33)29(22)19-10-11-23-16-17-26(35-23)27(30)31/h4-9,12-17,22,32-33H,10-11,18-21H2,1-3H3,(H,30,31). The van der Waals surface area contributed by atoms with Gasteiger partial charge in [-0.2, -0.15) is 0 Å². The fraction of sp³-hybridized carbons (Fsp3) is 0.393. The minimum absolute atomic E-state index is 0.0930. The molecular formula is C28H37NO5S2Si. The molecule has 0 saturated carbocycles. The fourth-order valence-electron chi connectivity index (χ4n) is 5.31. The largest absolute Gasteiger partial charge is 0.477 e. The van der Waals surface area contributed by atoms with Gasteiger partial charge in [0, 0.05) is 11.4 Å². The number of nitrogens with zero attached hydrogens (tertiary/aromatic N) is 1. The first-order valence-electron chi connectivity index (χ1n) is 12.6. The van der Waals surface area contributed by atoms with Crippen molar-refractivity contribution in [2.75, 3.05) is 18.9 Å².